The molecule has 6 nitrogen and oxygen atoms in total. The van der Waals surface area contributed by atoms with E-state index in [1.165, 1.54) is 12.1 Å². The predicted octanol–water partition coefficient (Wildman–Crippen LogP) is 2.39. The number of esters is 1. The van der Waals surface area contributed by atoms with E-state index in [2.05, 4.69) is 9.64 Å². The van der Waals surface area contributed by atoms with E-state index in [9.17, 15) is 18.4 Å². The van der Waals surface area contributed by atoms with Crippen molar-refractivity contribution in [1.29, 1.82) is 0 Å². The lowest BCUT2D eigenvalue weighted by Gasteiger charge is -2.35. The number of rotatable bonds is 8. The number of hydrogen-bond acceptors (Lipinski definition) is 5. The maximum Gasteiger partial charge on any atom is 0.387 e. The van der Waals surface area contributed by atoms with Crippen LogP contribution in [-0.2, 0) is 9.53 Å². The average molecular weight is 370 g/mol. The lowest BCUT2D eigenvalue weighted by Crippen LogP contribution is -2.49. The highest BCUT2D eigenvalue weighted by atomic mass is 19.3. The van der Waals surface area contributed by atoms with Crippen LogP contribution in [0.2, 0.25) is 0 Å². The zero-order chi connectivity index (χ0) is 18.9. The van der Waals surface area contributed by atoms with E-state index < -0.39 is 6.61 Å². The molecule has 1 aliphatic heterocycles. The molecule has 8 heteroatoms. The summed E-state index contributed by atoms with van der Waals surface area (Å²) in [5, 5.41) is 0. The Hall–Kier alpha value is -2.22. The molecule has 0 atom stereocenters. The van der Waals surface area contributed by atoms with Gasteiger partial charge in [-0.15, -0.1) is 0 Å². The highest BCUT2D eigenvalue weighted by molar-refractivity contribution is 5.97. The number of carbonyl (C=O) groups excluding carboxylic acids is 2. The third-order valence-electron chi connectivity index (χ3n) is 4.15. The molecule has 1 heterocycles. The van der Waals surface area contributed by atoms with Crippen molar-refractivity contribution in [1.82, 2.24) is 9.80 Å². The van der Waals surface area contributed by atoms with Gasteiger partial charge in [0, 0.05) is 32.6 Å². The second-order valence-electron chi connectivity index (χ2n) is 5.92. The number of amides is 1. The van der Waals surface area contributed by atoms with Gasteiger partial charge in [0.25, 0.3) is 5.91 Å². The van der Waals surface area contributed by atoms with Crippen molar-refractivity contribution in [2.75, 3.05) is 39.3 Å². The summed E-state index contributed by atoms with van der Waals surface area (Å²) in [6.45, 7) is 2.29. The zero-order valence-corrected chi connectivity index (χ0v) is 14.8. The number of alkyl halides is 2. The molecule has 0 N–H and O–H groups in total. The monoisotopic (exact) mass is 370 g/mol. The van der Waals surface area contributed by atoms with Crippen molar-refractivity contribution < 1.29 is 27.8 Å². The van der Waals surface area contributed by atoms with E-state index in [1.54, 1.807) is 24.0 Å². The summed E-state index contributed by atoms with van der Waals surface area (Å²) >= 11 is 0. The van der Waals surface area contributed by atoms with Gasteiger partial charge in [0.05, 0.1) is 12.2 Å². The number of piperazine rings is 1. The second-order valence-corrected chi connectivity index (χ2v) is 5.92. The van der Waals surface area contributed by atoms with E-state index in [-0.39, 0.29) is 23.2 Å². The predicted molar refractivity (Wildman–Crippen MR) is 91.3 cm³/mol. The Labute approximate surface area is 151 Å². The van der Waals surface area contributed by atoms with Gasteiger partial charge in [-0.1, -0.05) is 12.1 Å². The van der Waals surface area contributed by atoms with Crippen LogP contribution in [-0.4, -0.2) is 67.6 Å². The molecule has 1 aromatic carbocycles. The number of para-hydroxylation sites is 1. The molecule has 0 bridgehead atoms. The lowest BCUT2D eigenvalue weighted by molar-refractivity contribution is -0.143. The Morgan fingerprint density at radius 2 is 1.85 bits per heavy atom. The summed E-state index contributed by atoms with van der Waals surface area (Å²) in [4.78, 5) is 27.7. The number of carbonyl (C=O) groups is 2. The van der Waals surface area contributed by atoms with E-state index in [1.807, 2.05) is 0 Å². The number of hydrogen-bond donors (Lipinski definition) is 0. The quantitative estimate of drug-likeness (QED) is 0.658. The number of halogens is 2. The van der Waals surface area contributed by atoms with E-state index in [0.717, 1.165) is 6.54 Å². The summed E-state index contributed by atoms with van der Waals surface area (Å²) in [6.07, 6.45) is 1.09. The van der Waals surface area contributed by atoms with Crippen molar-refractivity contribution in [3.05, 3.63) is 29.8 Å². The third kappa shape index (κ3) is 5.94. The van der Waals surface area contributed by atoms with Gasteiger partial charge in [0.2, 0.25) is 0 Å². The molecular formula is C18H24F2N2O4. The fourth-order valence-electron chi connectivity index (χ4n) is 2.87. The zero-order valence-electron chi connectivity index (χ0n) is 14.8. The molecule has 0 saturated carbocycles. The smallest absolute Gasteiger partial charge is 0.387 e. The van der Waals surface area contributed by atoms with Crippen LogP contribution in [0.15, 0.2) is 24.3 Å². The Morgan fingerprint density at radius 3 is 2.50 bits per heavy atom. The lowest BCUT2D eigenvalue weighted by atomic mass is 10.1. The first-order valence-electron chi connectivity index (χ1n) is 8.72. The molecule has 0 spiro atoms. The first kappa shape index (κ1) is 20.1. The molecule has 1 fully saturated rings. The average Bonchev–Trinajstić information content (AvgIpc) is 2.62. The molecule has 0 unspecified atom stereocenters. The molecule has 1 aromatic rings. The minimum absolute atomic E-state index is 0.107. The molecule has 2 rings (SSSR count). The first-order valence-corrected chi connectivity index (χ1v) is 8.72. The van der Waals surface area contributed by atoms with E-state index >= 15 is 0 Å². The molecule has 0 aromatic heterocycles. The molecule has 1 aliphatic rings. The first-order chi connectivity index (χ1) is 12.5. The molecule has 144 valence electrons. The third-order valence-corrected chi connectivity index (χ3v) is 4.15. The molecular weight excluding hydrogens is 346 g/mol. The Bertz CT molecular complexity index is 605. The van der Waals surface area contributed by atoms with Crippen LogP contribution >= 0.6 is 0 Å². The summed E-state index contributed by atoms with van der Waals surface area (Å²) in [6, 6.07) is 6.03. The van der Waals surface area contributed by atoms with Gasteiger partial charge in [-0.05, 0) is 32.0 Å². The summed E-state index contributed by atoms with van der Waals surface area (Å²) in [5.74, 6) is -0.617. The highest BCUT2D eigenvalue weighted by Crippen LogP contribution is 2.22. The fraction of sp³-hybridized carbons (Fsp3) is 0.556. The Kier molecular flexibility index (Phi) is 7.77. The number of benzene rings is 1. The van der Waals surface area contributed by atoms with Crippen molar-refractivity contribution in [3.8, 4) is 5.75 Å². The Balaban J connectivity index is 1.82. The SMILES string of the molecule is CCOC(=O)CCCN1CCN(C(=O)c2ccccc2OC(F)F)CC1. The Morgan fingerprint density at radius 1 is 1.15 bits per heavy atom. The number of ether oxygens (including phenoxy) is 2. The van der Waals surface area contributed by atoms with Crippen LogP contribution in [0.4, 0.5) is 8.78 Å². The van der Waals surface area contributed by atoms with Gasteiger partial charge in [0.15, 0.2) is 0 Å². The normalized spacial score (nSPS) is 15.2. The van der Waals surface area contributed by atoms with Crippen molar-refractivity contribution in [3.63, 3.8) is 0 Å². The van der Waals surface area contributed by atoms with Gasteiger partial charge in [0.1, 0.15) is 5.75 Å². The van der Waals surface area contributed by atoms with Gasteiger partial charge in [-0.2, -0.15) is 8.78 Å². The van der Waals surface area contributed by atoms with Gasteiger partial charge < -0.3 is 14.4 Å². The van der Waals surface area contributed by atoms with Crippen LogP contribution in [0.5, 0.6) is 5.75 Å². The highest BCUT2D eigenvalue weighted by Gasteiger charge is 2.24. The van der Waals surface area contributed by atoms with E-state index in [4.69, 9.17) is 4.74 Å². The molecule has 1 saturated heterocycles. The topological polar surface area (TPSA) is 59.1 Å². The molecule has 26 heavy (non-hydrogen) atoms. The largest absolute Gasteiger partial charge is 0.466 e. The maximum atomic E-state index is 12.6. The van der Waals surface area contributed by atoms with Crippen molar-refractivity contribution >= 4 is 11.9 Å². The molecule has 0 aliphatic carbocycles. The van der Waals surface area contributed by atoms with Crippen LogP contribution in [0.1, 0.15) is 30.1 Å². The summed E-state index contributed by atoms with van der Waals surface area (Å²) in [7, 11) is 0. The molecule has 0 radical (unpaired) electrons. The minimum atomic E-state index is -2.97. The van der Waals surface area contributed by atoms with Gasteiger partial charge in [-0.25, -0.2) is 0 Å². The molecule has 1 amide bonds. The minimum Gasteiger partial charge on any atom is -0.466 e. The van der Waals surface area contributed by atoms with Crippen LogP contribution in [0.25, 0.3) is 0 Å². The van der Waals surface area contributed by atoms with Gasteiger partial charge in [-0.3, -0.25) is 14.5 Å². The number of nitrogens with zero attached hydrogens (tertiary/aromatic N) is 2. The fourth-order valence-corrected chi connectivity index (χ4v) is 2.87. The second kappa shape index (κ2) is 10.1. The van der Waals surface area contributed by atoms with Crippen LogP contribution in [0, 0.1) is 0 Å². The van der Waals surface area contributed by atoms with Crippen molar-refractivity contribution in [2.45, 2.75) is 26.4 Å². The van der Waals surface area contributed by atoms with Crippen molar-refractivity contribution in [2.24, 2.45) is 0 Å². The standard InChI is InChI=1S/C18H24F2N2O4/c1-2-25-16(23)8-5-9-21-10-12-22(13-11-21)17(24)14-6-3-4-7-15(14)26-18(19)20/h3-4,6-7,18H,2,5,8-13H2,1H3. The van der Waals surface area contributed by atoms with Crippen LogP contribution in [0.3, 0.4) is 0 Å². The van der Waals surface area contributed by atoms with E-state index in [0.29, 0.717) is 45.6 Å². The van der Waals surface area contributed by atoms with Crippen LogP contribution < -0.4 is 4.74 Å². The maximum absolute atomic E-state index is 12.6. The van der Waals surface area contributed by atoms with Gasteiger partial charge >= 0.3 is 12.6 Å². The summed E-state index contributed by atoms with van der Waals surface area (Å²) in [5.41, 5.74) is 0.142. The summed E-state index contributed by atoms with van der Waals surface area (Å²) < 4.78 is 34.3.